The van der Waals surface area contributed by atoms with Crippen molar-refractivity contribution in [3.8, 4) is 6.07 Å². The summed E-state index contributed by atoms with van der Waals surface area (Å²) < 4.78 is 0. The van der Waals surface area contributed by atoms with E-state index in [-0.39, 0.29) is 33.9 Å². The van der Waals surface area contributed by atoms with Gasteiger partial charge in [-0.15, -0.1) is 4.91 Å². The Morgan fingerprint density at radius 3 is 2.51 bits per heavy atom. The van der Waals surface area contributed by atoms with Gasteiger partial charge in [-0.2, -0.15) is 15.3 Å². The maximum absolute atomic E-state index is 12.8. The Kier molecular flexibility index (Phi) is 7.27. The molecule has 37 heavy (non-hydrogen) atoms. The summed E-state index contributed by atoms with van der Waals surface area (Å²) in [5.74, 6) is 0.159. The number of para-hydroxylation sites is 1. The predicted molar refractivity (Wildman–Crippen MR) is 137 cm³/mol. The van der Waals surface area contributed by atoms with Crippen LogP contribution in [0, 0.1) is 26.4 Å². The molecule has 0 saturated heterocycles. The van der Waals surface area contributed by atoms with Crippen LogP contribution in [0.15, 0.2) is 90.2 Å². The third-order valence-electron chi connectivity index (χ3n) is 4.95. The van der Waals surface area contributed by atoms with E-state index in [0.717, 1.165) is 5.01 Å². The number of anilines is 5. The number of nitro benzene ring substituents is 1. The smallest absolute Gasteiger partial charge is 0.324 e. The van der Waals surface area contributed by atoms with E-state index in [4.69, 9.17) is 16.9 Å². The summed E-state index contributed by atoms with van der Waals surface area (Å²) in [6, 6.07) is 20.3. The number of nitrogens with one attached hydrogen (secondary N) is 1. The highest BCUT2D eigenvalue weighted by Gasteiger charge is 2.30. The molecular weight excluding hydrogens is 500 g/mol. The van der Waals surface area contributed by atoms with E-state index < -0.39 is 11.0 Å². The van der Waals surface area contributed by atoms with Gasteiger partial charge in [-0.25, -0.2) is 14.8 Å². The number of nitriles is 1. The van der Waals surface area contributed by atoms with E-state index in [1.165, 1.54) is 53.7 Å². The van der Waals surface area contributed by atoms with Crippen LogP contribution in [-0.4, -0.2) is 20.9 Å². The zero-order valence-electron chi connectivity index (χ0n) is 18.7. The SMILES string of the molecule is N#Cc1ccc(Nc2nccc(N(c3cccc([N+](=O)[O-])c3)N(C(=O)N=O)c3ccccc3Cl)n2)cc1. The average molecular weight is 515 g/mol. The van der Waals surface area contributed by atoms with Crippen molar-refractivity contribution in [3.63, 3.8) is 0 Å². The van der Waals surface area contributed by atoms with Gasteiger partial charge in [0, 0.05) is 35.3 Å². The van der Waals surface area contributed by atoms with Gasteiger partial charge in [0.15, 0.2) is 5.82 Å². The maximum Gasteiger partial charge on any atom is 0.404 e. The number of benzene rings is 3. The van der Waals surface area contributed by atoms with Gasteiger partial charge in [0.2, 0.25) is 5.95 Å². The topological polar surface area (TPSA) is 158 Å². The molecule has 0 aliphatic rings. The molecule has 0 spiro atoms. The van der Waals surface area contributed by atoms with Crippen LogP contribution >= 0.6 is 11.6 Å². The first-order chi connectivity index (χ1) is 17.9. The Bertz CT molecular complexity index is 1520. The summed E-state index contributed by atoms with van der Waals surface area (Å²) in [5, 5.41) is 28.1. The van der Waals surface area contributed by atoms with Crippen molar-refractivity contribution in [3.05, 3.63) is 111 Å². The van der Waals surface area contributed by atoms with E-state index >= 15 is 0 Å². The normalized spacial score (nSPS) is 10.2. The molecule has 1 heterocycles. The van der Waals surface area contributed by atoms with Crippen LogP contribution in [0.25, 0.3) is 0 Å². The maximum atomic E-state index is 12.8. The number of carbonyl (C=O) groups is 1. The van der Waals surface area contributed by atoms with Crippen LogP contribution in [0.1, 0.15) is 5.56 Å². The molecule has 0 radical (unpaired) electrons. The molecule has 1 aromatic heterocycles. The zero-order chi connectivity index (χ0) is 26.4. The third kappa shape index (κ3) is 5.47. The number of nitroso groups, excluding NO2 is 1. The van der Waals surface area contributed by atoms with Crippen LogP contribution in [0.3, 0.4) is 0 Å². The number of nitro groups is 1. The highest BCUT2D eigenvalue weighted by Crippen LogP contribution is 2.35. The van der Waals surface area contributed by atoms with Gasteiger partial charge in [0.25, 0.3) is 5.69 Å². The van der Waals surface area contributed by atoms with Crippen molar-refractivity contribution in [2.24, 2.45) is 5.18 Å². The molecule has 0 unspecified atom stereocenters. The van der Waals surface area contributed by atoms with Crippen molar-refractivity contribution in [1.29, 1.82) is 5.26 Å². The van der Waals surface area contributed by atoms with Crippen LogP contribution in [-0.2, 0) is 0 Å². The largest absolute Gasteiger partial charge is 0.404 e. The third-order valence-corrected chi connectivity index (χ3v) is 5.27. The van der Waals surface area contributed by atoms with Crippen LogP contribution in [0.4, 0.5) is 39.3 Å². The van der Waals surface area contributed by atoms with Crippen molar-refractivity contribution in [1.82, 2.24) is 9.97 Å². The molecule has 0 atom stereocenters. The minimum absolute atomic E-state index is 0.0589. The van der Waals surface area contributed by atoms with Gasteiger partial charge in [-0.3, -0.25) is 10.1 Å². The van der Waals surface area contributed by atoms with E-state index in [1.54, 1.807) is 36.4 Å². The van der Waals surface area contributed by atoms with Gasteiger partial charge in [-0.1, -0.05) is 29.8 Å². The number of halogens is 1. The molecule has 4 rings (SSSR count). The quantitative estimate of drug-likeness (QED) is 0.175. The fourth-order valence-corrected chi connectivity index (χ4v) is 3.55. The van der Waals surface area contributed by atoms with Gasteiger partial charge >= 0.3 is 6.03 Å². The lowest BCUT2D eigenvalue weighted by molar-refractivity contribution is -0.384. The molecule has 4 aromatic rings. The summed E-state index contributed by atoms with van der Waals surface area (Å²) in [5.41, 5.74) is 0.978. The first-order valence-electron chi connectivity index (χ1n) is 10.5. The first-order valence-corrected chi connectivity index (χ1v) is 10.9. The van der Waals surface area contributed by atoms with Gasteiger partial charge in [0.1, 0.15) is 0 Å². The number of nitrogens with zero attached hydrogens (tertiary/aromatic N) is 7. The number of hydrogen-bond donors (Lipinski definition) is 1. The Labute approximate surface area is 214 Å². The number of rotatable bonds is 7. The monoisotopic (exact) mass is 514 g/mol. The molecule has 0 aliphatic carbocycles. The molecule has 1 N–H and O–H groups in total. The minimum atomic E-state index is -1.25. The minimum Gasteiger partial charge on any atom is -0.324 e. The van der Waals surface area contributed by atoms with E-state index in [2.05, 4.69) is 20.5 Å². The van der Waals surface area contributed by atoms with Crippen LogP contribution in [0.2, 0.25) is 5.02 Å². The van der Waals surface area contributed by atoms with Crippen LogP contribution < -0.4 is 15.3 Å². The molecule has 3 aromatic carbocycles. The molecular formula is C24H15ClN8O4. The second-order valence-corrected chi connectivity index (χ2v) is 7.69. The second-order valence-electron chi connectivity index (χ2n) is 7.28. The molecule has 182 valence electrons. The summed E-state index contributed by atoms with van der Waals surface area (Å²) in [6.45, 7) is 0. The lowest BCUT2D eigenvalue weighted by Gasteiger charge is -2.34. The Morgan fingerprint density at radius 1 is 1.08 bits per heavy atom. The summed E-state index contributed by atoms with van der Waals surface area (Å²) in [7, 11) is 0. The van der Waals surface area contributed by atoms with Gasteiger partial charge in [0.05, 0.1) is 33.0 Å². The summed E-state index contributed by atoms with van der Waals surface area (Å²) >= 11 is 6.34. The number of hydrogen-bond acceptors (Lipinski definition) is 9. The van der Waals surface area contributed by atoms with E-state index in [9.17, 15) is 19.8 Å². The molecule has 13 heteroatoms. The predicted octanol–water partition coefficient (Wildman–Crippen LogP) is 6.10. The molecule has 12 nitrogen and oxygen atoms in total. The lowest BCUT2D eigenvalue weighted by Crippen LogP contribution is -2.43. The second kappa shape index (κ2) is 10.9. The van der Waals surface area contributed by atoms with E-state index in [0.29, 0.717) is 11.3 Å². The fraction of sp³-hybridized carbons (Fsp3) is 0. The number of non-ortho nitro benzene ring substituents is 1. The number of carbonyl (C=O) groups excluding carboxylic acids is 1. The van der Waals surface area contributed by atoms with Crippen molar-refractivity contribution < 1.29 is 9.72 Å². The Balaban J connectivity index is 1.87. The standard InChI is InChI=1S/C24H15ClN8O4/c25-20-6-1-2-7-21(20)32(24(34)30-35)31(18-4-3-5-19(14-18)33(36)37)22-12-13-27-23(29-22)28-17-10-8-16(15-26)9-11-17/h1-14H,(H,27,28,29). The molecule has 0 saturated carbocycles. The molecule has 0 fully saturated rings. The lowest BCUT2D eigenvalue weighted by atomic mass is 10.2. The van der Waals surface area contributed by atoms with Gasteiger partial charge in [-0.05, 0) is 42.5 Å². The van der Waals surface area contributed by atoms with Crippen LogP contribution in [0.5, 0.6) is 0 Å². The number of aromatic nitrogens is 2. The van der Waals surface area contributed by atoms with Gasteiger partial charge < -0.3 is 5.32 Å². The number of amides is 2. The van der Waals surface area contributed by atoms with Crippen molar-refractivity contribution in [2.45, 2.75) is 0 Å². The number of urea groups is 1. The Hall–Kier alpha value is -5.41. The van der Waals surface area contributed by atoms with Crippen molar-refractivity contribution in [2.75, 3.05) is 15.3 Å². The van der Waals surface area contributed by atoms with Crippen molar-refractivity contribution >= 4 is 52.1 Å². The highest BCUT2D eigenvalue weighted by atomic mass is 35.5. The Morgan fingerprint density at radius 2 is 1.84 bits per heavy atom. The fourth-order valence-electron chi connectivity index (χ4n) is 3.33. The first kappa shape index (κ1) is 24.7. The molecule has 0 aliphatic heterocycles. The van der Waals surface area contributed by atoms with E-state index in [1.807, 2.05) is 6.07 Å². The summed E-state index contributed by atoms with van der Waals surface area (Å²) in [4.78, 5) is 43.8. The summed E-state index contributed by atoms with van der Waals surface area (Å²) in [6.07, 6.45) is 1.39. The highest BCUT2D eigenvalue weighted by molar-refractivity contribution is 6.34. The number of hydrazine groups is 1. The molecule has 2 amide bonds. The average Bonchev–Trinajstić information content (AvgIpc) is 2.92. The molecule has 0 bridgehead atoms. The zero-order valence-corrected chi connectivity index (χ0v) is 19.5.